The van der Waals surface area contributed by atoms with Gasteiger partial charge in [0.2, 0.25) is 0 Å². The molecule has 0 amide bonds. The van der Waals surface area contributed by atoms with E-state index >= 15 is 0 Å². The molecule has 108 valence electrons. The number of hydrazine groups is 1. The summed E-state index contributed by atoms with van der Waals surface area (Å²) in [6, 6.07) is 1.97. The first-order chi connectivity index (χ1) is 9.06. The largest absolute Gasteiger partial charge is 0.382 e. The number of allylic oxidation sites excluding steroid dienone is 1. The summed E-state index contributed by atoms with van der Waals surface area (Å²) in [6.07, 6.45) is 4.96. The second kappa shape index (κ2) is 7.96. The molecule has 1 aliphatic carbocycles. The molecule has 0 aromatic carbocycles. The lowest BCUT2D eigenvalue weighted by atomic mass is 9.97. The number of hydrogen-bond donors (Lipinski definition) is 4. The first kappa shape index (κ1) is 15.7. The SMILES string of the molecule is C=C(C)CC1CCC(c2cc(N)n[nH]2)C1.CCNN. The molecule has 2 unspecified atom stereocenters. The van der Waals surface area contributed by atoms with E-state index in [0.717, 1.165) is 12.5 Å². The average molecular weight is 265 g/mol. The number of aromatic amines is 1. The number of nitrogens with two attached hydrogens (primary N) is 2. The molecule has 1 aromatic heterocycles. The number of aromatic nitrogens is 2. The van der Waals surface area contributed by atoms with Crippen LogP contribution in [0.5, 0.6) is 0 Å². The molecule has 2 rings (SSSR count). The van der Waals surface area contributed by atoms with E-state index in [1.165, 1.54) is 37.0 Å². The Morgan fingerprint density at radius 2 is 2.26 bits per heavy atom. The number of nitrogens with one attached hydrogen (secondary N) is 2. The first-order valence-corrected chi connectivity index (χ1v) is 6.95. The molecule has 1 aliphatic rings. The van der Waals surface area contributed by atoms with Crippen LogP contribution < -0.4 is 17.0 Å². The zero-order valence-electron chi connectivity index (χ0n) is 12.1. The van der Waals surface area contributed by atoms with Crippen molar-refractivity contribution in [3.05, 3.63) is 23.9 Å². The van der Waals surface area contributed by atoms with Crippen LogP contribution in [0.4, 0.5) is 5.82 Å². The van der Waals surface area contributed by atoms with Crippen LogP contribution in [-0.2, 0) is 0 Å². The van der Waals surface area contributed by atoms with E-state index in [1.807, 2.05) is 13.0 Å². The molecule has 1 heterocycles. The van der Waals surface area contributed by atoms with Gasteiger partial charge in [-0.15, -0.1) is 6.58 Å². The zero-order chi connectivity index (χ0) is 14.3. The molecule has 6 N–H and O–H groups in total. The lowest BCUT2D eigenvalue weighted by Crippen LogP contribution is -2.20. The predicted octanol–water partition coefficient (Wildman–Crippen LogP) is 2.31. The second-order valence-electron chi connectivity index (χ2n) is 5.34. The molecule has 1 fully saturated rings. The molecular formula is C14H27N5. The van der Waals surface area contributed by atoms with E-state index in [1.54, 1.807) is 0 Å². The smallest absolute Gasteiger partial charge is 0.145 e. The van der Waals surface area contributed by atoms with Gasteiger partial charge in [-0.3, -0.25) is 16.4 Å². The van der Waals surface area contributed by atoms with Gasteiger partial charge in [0.25, 0.3) is 0 Å². The normalized spacial score (nSPS) is 21.8. The lowest BCUT2D eigenvalue weighted by Gasteiger charge is -2.09. The Labute approximate surface area is 115 Å². The number of rotatable bonds is 4. The minimum absolute atomic E-state index is 0.605. The monoisotopic (exact) mass is 265 g/mol. The van der Waals surface area contributed by atoms with Gasteiger partial charge in [0.1, 0.15) is 5.82 Å². The molecule has 5 heteroatoms. The quantitative estimate of drug-likeness (QED) is 0.382. The van der Waals surface area contributed by atoms with Crippen molar-refractivity contribution in [2.45, 2.75) is 45.4 Å². The van der Waals surface area contributed by atoms with Gasteiger partial charge in [0.05, 0.1) is 0 Å². The summed E-state index contributed by atoms with van der Waals surface area (Å²) in [5.41, 5.74) is 10.5. The summed E-state index contributed by atoms with van der Waals surface area (Å²) in [6.45, 7) is 8.88. The summed E-state index contributed by atoms with van der Waals surface area (Å²) in [5, 5.41) is 7.01. The molecule has 1 saturated carbocycles. The molecule has 0 bridgehead atoms. The van der Waals surface area contributed by atoms with Crippen LogP contribution in [0, 0.1) is 5.92 Å². The summed E-state index contributed by atoms with van der Waals surface area (Å²) >= 11 is 0. The Kier molecular flexibility index (Phi) is 6.59. The highest BCUT2D eigenvalue weighted by molar-refractivity contribution is 5.30. The highest BCUT2D eigenvalue weighted by Gasteiger charge is 2.26. The van der Waals surface area contributed by atoms with Crippen molar-refractivity contribution >= 4 is 5.82 Å². The van der Waals surface area contributed by atoms with Crippen LogP contribution >= 0.6 is 0 Å². The van der Waals surface area contributed by atoms with Gasteiger partial charge in [0, 0.05) is 24.2 Å². The van der Waals surface area contributed by atoms with Crippen molar-refractivity contribution in [2.75, 3.05) is 12.3 Å². The van der Waals surface area contributed by atoms with E-state index < -0.39 is 0 Å². The van der Waals surface area contributed by atoms with Crippen molar-refractivity contribution in [2.24, 2.45) is 11.8 Å². The minimum atomic E-state index is 0.605. The highest BCUT2D eigenvalue weighted by Crippen LogP contribution is 2.40. The van der Waals surface area contributed by atoms with E-state index in [4.69, 9.17) is 11.6 Å². The third kappa shape index (κ3) is 5.44. The van der Waals surface area contributed by atoms with E-state index in [9.17, 15) is 0 Å². The first-order valence-electron chi connectivity index (χ1n) is 6.95. The fraction of sp³-hybridized carbons (Fsp3) is 0.643. The summed E-state index contributed by atoms with van der Waals surface area (Å²) < 4.78 is 0. The maximum Gasteiger partial charge on any atom is 0.145 e. The average Bonchev–Trinajstić information content (AvgIpc) is 2.98. The molecule has 5 nitrogen and oxygen atoms in total. The van der Waals surface area contributed by atoms with Crippen molar-refractivity contribution in [3.8, 4) is 0 Å². The third-order valence-corrected chi connectivity index (χ3v) is 3.44. The van der Waals surface area contributed by atoms with Crippen LogP contribution in [0.2, 0.25) is 0 Å². The molecule has 0 saturated heterocycles. The number of nitrogens with zero attached hydrogens (tertiary/aromatic N) is 1. The number of hydrogen-bond acceptors (Lipinski definition) is 4. The molecule has 0 aliphatic heterocycles. The van der Waals surface area contributed by atoms with Crippen molar-refractivity contribution in [1.82, 2.24) is 15.6 Å². The van der Waals surface area contributed by atoms with Gasteiger partial charge in [-0.25, -0.2) is 0 Å². The highest BCUT2D eigenvalue weighted by atomic mass is 15.2. The van der Waals surface area contributed by atoms with Crippen LogP contribution in [0.3, 0.4) is 0 Å². The van der Waals surface area contributed by atoms with Crippen LogP contribution in [0.25, 0.3) is 0 Å². The fourth-order valence-electron chi connectivity index (χ4n) is 2.60. The van der Waals surface area contributed by atoms with Gasteiger partial charge in [-0.2, -0.15) is 5.10 Å². The van der Waals surface area contributed by atoms with E-state index in [0.29, 0.717) is 11.7 Å². The van der Waals surface area contributed by atoms with Gasteiger partial charge in [-0.1, -0.05) is 12.5 Å². The fourth-order valence-corrected chi connectivity index (χ4v) is 2.60. The molecule has 1 aromatic rings. The Bertz CT molecular complexity index is 383. The van der Waals surface area contributed by atoms with Gasteiger partial charge in [-0.05, 0) is 38.5 Å². The van der Waals surface area contributed by atoms with E-state index in [-0.39, 0.29) is 0 Å². The standard InChI is InChI=1S/C12H19N3.C2H8N2/c1-8(2)5-9-3-4-10(6-9)11-7-12(13)15-14-11;1-2-4-3/h7,9-10H,1,3-6H2,2H3,(H3,13,14,15);4H,2-3H2,1H3. The maximum atomic E-state index is 5.61. The third-order valence-electron chi connectivity index (χ3n) is 3.44. The van der Waals surface area contributed by atoms with Crippen LogP contribution in [0.15, 0.2) is 18.2 Å². The lowest BCUT2D eigenvalue weighted by molar-refractivity contribution is 0.532. The Balaban J connectivity index is 0.000000399. The molecule has 19 heavy (non-hydrogen) atoms. The maximum absolute atomic E-state index is 5.61. The van der Waals surface area contributed by atoms with Gasteiger partial charge < -0.3 is 5.73 Å². The van der Waals surface area contributed by atoms with Gasteiger partial charge >= 0.3 is 0 Å². The molecule has 0 spiro atoms. The Morgan fingerprint density at radius 3 is 2.74 bits per heavy atom. The molecule has 2 atom stereocenters. The van der Waals surface area contributed by atoms with Crippen molar-refractivity contribution in [3.63, 3.8) is 0 Å². The Hall–Kier alpha value is -1.33. The van der Waals surface area contributed by atoms with Crippen molar-refractivity contribution < 1.29 is 0 Å². The van der Waals surface area contributed by atoms with E-state index in [2.05, 4.69) is 29.1 Å². The summed E-state index contributed by atoms with van der Waals surface area (Å²) in [4.78, 5) is 0. The summed E-state index contributed by atoms with van der Waals surface area (Å²) in [5.74, 6) is 6.81. The molecule has 0 radical (unpaired) electrons. The number of nitrogen functional groups attached to an aromatic ring is 1. The Morgan fingerprint density at radius 1 is 1.58 bits per heavy atom. The second-order valence-corrected chi connectivity index (χ2v) is 5.34. The minimum Gasteiger partial charge on any atom is -0.382 e. The predicted molar refractivity (Wildman–Crippen MR) is 80.4 cm³/mol. The number of anilines is 1. The molecular weight excluding hydrogens is 238 g/mol. The summed E-state index contributed by atoms with van der Waals surface area (Å²) in [7, 11) is 0. The van der Waals surface area contributed by atoms with Gasteiger partial charge in [0.15, 0.2) is 0 Å². The topological polar surface area (TPSA) is 92.7 Å². The van der Waals surface area contributed by atoms with Crippen LogP contribution in [0.1, 0.15) is 51.1 Å². The zero-order valence-corrected chi connectivity index (χ0v) is 12.1. The van der Waals surface area contributed by atoms with Crippen molar-refractivity contribution in [1.29, 1.82) is 0 Å². The number of H-pyrrole nitrogens is 1. The van der Waals surface area contributed by atoms with Crippen LogP contribution in [-0.4, -0.2) is 16.7 Å².